The van der Waals surface area contributed by atoms with Crippen molar-refractivity contribution in [3.63, 3.8) is 0 Å². The molecule has 2 unspecified atom stereocenters. The molecule has 0 aromatic carbocycles. The second kappa shape index (κ2) is 12.3. The molecule has 0 amide bonds. The molecule has 2 aliphatic heterocycles. The van der Waals surface area contributed by atoms with Crippen LogP contribution in [-0.2, 0) is 4.74 Å². The Kier molecular flexibility index (Phi) is 11.3. The lowest BCUT2D eigenvalue weighted by atomic mass is 10.1. The molecule has 0 radical (unpaired) electrons. The summed E-state index contributed by atoms with van der Waals surface area (Å²) in [5.41, 5.74) is 0. The number of halogens is 1. The molecule has 0 aliphatic carbocycles. The molecule has 0 aromatic rings. The molecule has 2 aliphatic rings. The lowest BCUT2D eigenvalue weighted by molar-refractivity contribution is -0.0284. The van der Waals surface area contributed by atoms with Crippen LogP contribution in [0.2, 0.25) is 0 Å². The standard InChI is InChI=1S/C18H37N5O.HI/c1-5-22-7-6-16(13-22)10-20-18(19-4)21-11-17-14-23(8-9-24-17)12-15(2)3;/h15-17H,5-14H2,1-4H3,(H2,19,20,21);1H. The lowest BCUT2D eigenvalue weighted by Crippen LogP contribution is -2.50. The summed E-state index contributed by atoms with van der Waals surface area (Å²) in [5, 5.41) is 6.92. The molecule has 0 spiro atoms. The first-order valence-corrected chi connectivity index (χ1v) is 9.61. The van der Waals surface area contributed by atoms with Crippen molar-refractivity contribution in [2.24, 2.45) is 16.8 Å². The van der Waals surface area contributed by atoms with Crippen LogP contribution in [-0.4, -0.2) is 87.9 Å². The highest BCUT2D eigenvalue weighted by molar-refractivity contribution is 14.0. The van der Waals surface area contributed by atoms with E-state index >= 15 is 0 Å². The average molecular weight is 467 g/mol. The van der Waals surface area contributed by atoms with Gasteiger partial charge >= 0.3 is 0 Å². The highest BCUT2D eigenvalue weighted by atomic mass is 127. The van der Waals surface area contributed by atoms with Gasteiger partial charge < -0.3 is 20.3 Å². The van der Waals surface area contributed by atoms with Gasteiger partial charge in [0.25, 0.3) is 0 Å². The van der Waals surface area contributed by atoms with E-state index < -0.39 is 0 Å². The first kappa shape index (κ1) is 22.9. The summed E-state index contributed by atoms with van der Waals surface area (Å²) in [5.74, 6) is 2.34. The molecule has 6 nitrogen and oxygen atoms in total. The molecular weight excluding hydrogens is 429 g/mol. The minimum absolute atomic E-state index is 0. The Labute approximate surface area is 171 Å². The number of guanidine groups is 1. The largest absolute Gasteiger partial charge is 0.374 e. The van der Waals surface area contributed by atoms with E-state index in [1.54, 1.807) is 0 Å². The predicted molar refractivity (Wildman–Crippen MR) is 116 cm³/mol. The Morgan fingerprint density at radius 3 is 2.56 bits per heavy atom. The third kappa shape index (κ3) is 8.41. The van der Waals surface area contributed by atoms with Crippen LogP contribution in [0.4, 0.5) is 0 Å². The molecule has 0 saturated carbocycles. The molecule has 7 heteroatoms. The number of likely N-dealkylation sites (tertiary alicyclic amines) is 1. The zero-order chi connectivity index (χ0) is 17.4. The van der Waals surface area contributed by atoms with Crippen molar-refractivity contribution in [2.75, 3.05) is 66.0 Å². The van der Waals surface area contributed by atoms with Gasteiger partial charge in [0.2, 0.25) is 0 Å². The van der Waals surface area contributed by atoms with E-state index in [0.717, 1.165) is 57.8 Å². The quantitative estimate of drug-likeness (QED) is 0.338. The Hall–Kier alpha value is -0.120. The monoisotopic (exact) mass is 467 g/mol. The molecule has 2 saturated heterocycles. The van der Waals surface area contributed by atoms with Crippen molar-refractivity contribution < 1.29 is 4.74 Å². The van der Waals surface area contributed by atoms with Gasteiger partial charge in [-0.15, -0.1) is 24.0 Å². The fraction of sp³-hybridized carbons (Fsp3) is 0.944. The van der Waals surface area contributed by atoms with E-state index in [0.29, 0.717) is 5.92 Å². The van der Waals surface area contributed by atoms with Crippen LogP contribution in [0.5, 0.6) is 0 Å². The third-order valence-electron chi connectivity index (χ3n) is 4.94. The van der Waals surface area contributed by atoms with Crippen molar-refractivity contribution in [1.82, 2.24) is 20.4 Å². The summed E-state index contributed by atoms with van der Waals surface area (Å²) < 4.78 is 5.90. The van der Waals surface area contributed by atoms with Crippen molar-refractivity contribution in [2.45, 2.75) is 33.3 Å². The smallest absolute Gasteiger partial charge is 0.191 e. The highest BCUT2D eigenvalue weighted by Gasteiger charge is 2.22. The van der Waals surface area contributed by atoms with E-state index in [-0.39, 0.29) is 30.1 Å². The molecule has 2 rings (SSSR count). The topological polar surface area (TPSA) is 52.1 Å². The van der Waals surface area contributed by atoms with Gasteiger partial charge in [-0.3, -0.25) is 9.89 Å². The summed E-state index contributed by atoms with van der Waals surface area (Å²) in [6.45, 7) is 16.3. The van der Waals surface area contributed by atoms with Gasteiger partial charge in [0, 0.05) is 46.3 Å². The normalized spacial score (nSPS) is 25.9. The first-order chi connectivity index (χ1) is 11.6. The second-order valence-corrected chi connectivity index (χ2v) is 7.53. The Morgan fingerprint density at radius 1 is 1.16 bits per heavy atom. The minimum atomic E-state index is 0. The molecule has 2 heterocycles. The molecule has 25 heavy (non-hydrogen) atoms. The van der Waals surface area contributed by atoms with Crippen molar-refractivity contribution >= 4 is 29.9 Å². The third-order valence-corrected chi connectivity index (χ3v) is 4.94. The van der Waals surface area contributed by atoms with E-state index in [2.05, 4.69) is 46.2 Å². The van der Waals surface area contributed by atoms with Gasteiger partial charge in [-0.25, -0.2) is 0 Å². The van der Waals surface area contributed by atoms with Crippen LogP contribution >= 0.6 is 24.0 Å². The number of aliphatic imine (C=N–C) groups is 1. The maximum atomic E-state index is 5.90. The maximum absolute atomic E-state index is 5.90. The Bertz CT molecular complexity index is 394. The van der Waals surface area contributed by atoms with Crippen molar-refractivity contribution in [1.29, 1.82) is 0 Å². The molecule has 2 atom stereocenters. The van der Waals surface area contributed by atoms with Crippen LogP contribution in [0.15, 0.2) is 4.99 Å². The zero-order valence-corrected chi connectivity index (χ0v) is 18.8. The maximum Gasteiger partial charge on any atom is 0.191 e. The van der Waals surface area contributed by atoms with Gasteiger partial charge in [0.15, 0.2) is 5.96 Å². The number of rotatable bonds is 7. The van der Waals surface area contributed by atoms with Gasteiger partial charge in [-0.1, -0.05) is 20.8 Å². The second-order valence-electron chi connectivity index (χ2n) is 7.53. The van der Waals surface area contributed by atoms with Crippen molar-refractivity contribution in [3.05, 3.63) is 0 Å². The number of morpholine rings is 1. The number of hydrogen-bond donors (Lipinski definition) is 2. The van der Waals surface area contributed by atoms with Crippen LogP contribution < -0.4 is 10.6 Å². The van der Waals surface area contributed by atoms with Gasteiger partial charge in [0.05, 0.1) is 12.7 Å². The number of ether oxygens (including phenoxy) is 1. The fourth-order valence-electron chi connectivity index (χ4n) is 3.62. The summed E-state index contributed by atoms with van der Waals surface area (Å²) in [4.78, 5) is 9.38. The zero-order valence-electron chi connectivity index (χ0n) is 16.5. The number of nitrogens with one attached hydrogen (secondary N) is 2. The molecular formula is C18H38IN5O. The number of hydrogen-bond acceptors (Lipinski definition) is 4. The van der Waals surface area contributed by atoms with Gasteiger partial charge in [-0.05, 0) is 31.3 Å². The molecule has 0 bridgehead atoms. The molecule has 2 fully saturated rings. The van der Waals surface area contributed by atoms with Gasteiger partial charge in [0.1, 0.15) is 0 Å². The Morgan fingerprint density at radius 2 is 1.92 bits per heavy atom. The minimum Gasteiger partial charge on any atom is -0.374 e. The van der Waals surface area contributed by atoms with E-state index in [9.17, 15) is 0 Å². The fourth-order valence-corrected chi connectivity index (χ4v) is 3.62. The predicted octanol–water partition coefficient (Wildman–Crippen LogP) is 1.47. The van der Waals surface area contributed by atoms with E-state index in [4.69, 9.17) is 4.74 Å². The Balaban J connectivity index is 0.00000312. The molecule has 148 valence electrons. The molecule has 0 aromatic heterocycles. The number of nitrogens with zero attached hydrogens (tertiary/aromatic N) is 3. The SMILES string of the molecule is CCN1CCC(CNC(=NC)NCC2CN(CC(C)C)CCO2)C1.I. The van der Waals surface area contributed by atoms with Crippen molar-refractivity contribution in [3.8, 4) is 0 Å². The molecule has 2 N–H and O–H groups in total. The summed E-state index contributed by atoms with van der Waals surface area (Å²) in [6, 6.07) is 0. The van der Waals surface area contributed by atoms with Crippen LogP contribution in [0, 0.1) is 11.8 Å². The summed E-state index contributed by atoms with van der Waals surface area (Å²) in [7, 11) is 1.84. The van der Waals surface area contributed by atoms with Gasteiger partial charge in [-0.2, -0.15) is 0 Å². The first-order valence-electron chi connectivity index (χ1n) is 9.61. The van der Waals surface area contributed by atoms with E-state index in [1.807, 2.05) is 7.05 Å². The average Bonchev–Trinajstić information content (AvgIpc) is 3.03. The van der Waals surface area contributed by atoms with E-state index in [1.165, 1.54) is 19.5 Å². The summed E-state index contributed by atoms with van der Waals surface area (Å²) >= 11 is 0. The lowest BCUT2D eigenvalue weighted by Gasteiger charge is -2.34. The summed E-state index contributed by atoms with van der Waals surface area (Å²) in [6.07, 6.45) is 1.53. The van der Waals surface area contributed by atoms with Crippen LogP contribution in [0.25, 0.3) is 0 Å². The van der Waals surface area contributed by atoms with Crippen LogP contribution in [0.1, 0.15) is 27.2 Å². The highest BCUT2D eigenvalue weighted by Crippen LogP contribution is 2.14. The van der Waals surface area contributed by atoms with Crippen LogP contribution in [0.3, 0.4) is 0 Å².